The number of nitrogens with zero attached hydrogens (tertiary/aromatic N) is 1. The molecule has 2 atom stereocenters. The van der Waals surface area contributed by atoms with Crippen LogP contribution in [0.1, 0.15) is 13.3 Å². The summed E-state index contributed by atoms with van der Waals surface area (Å²) in [5.41, 5.74) is 1.02. The Morgan fingerprint density at radius 1 is 1.83 bits per heavy atom. The van der Waals surface area contributed by atoms with E-state index in [-0.39, 0.29) is 6.04 Å². The van der Waals surface area contributed by atoms with Crippen LogP contribution in [0.4, 0.5) is 0 Å². The second kappa shape index (κ2) is 4.02. The molecule has 12 heavy (non-hydrogen) atoms. The van der Waals surface area contributed by atoms with E-state index in [0.29, 0.717) is 0 Å². The summed E-state index contributed by atoms with van der Waals surface area (Å²) in [5, 5.41) is 0. The number of allylic oxidation sites excluding steroid dienone is 1. The Balaban J connectivity index is 2.35. The lowest BCUT2D eigenvalue weighted by Crippen LogP contribution is -2.32. The van der Waals surface area contributed by atoms with Crippen molar-refractivity contribution in [3.05, 3.63) is 12.3 Å². The van der Waals surface area contributed by atoms with Gasteiger partial charge in [-0.2, -0.15) is 0 Å². The molecule has 0 radical (unpaired) electrons. The van der Waals surface area contributed by atoms with E-state index in [1.807, 2.05) is 6.92 Å². The van der Waals surface area contributed by atoms with Crippen LogP contribution in [0, 0.1) is 0 Å². The molecular weight excluding hydrogens is 176 g/mol. The Kier molecular flexibility index (Phi) is 3.25. The first-order chi connectivity index (χ1) is 5.59. The van der Waals surface area contributed by atoms with Gasteiger partial charge in [-0.3, -0.25) is 4.55 Å². The maximum atomic E-state index is 10.4. The highest BCUT2D eigenvalue weighted by molar-refractivity contribution is 7.77. The van der Waals surface area contributed by atoms with Gasteiger partial charge in [0.1, 0.15) is 0 Å². The fraction of sp³-hybridized carbons (Fsp3) is 0.714. The summed E-state index contributed by atoms with van der Waals surface area (Å²) in [6.07, 6.45) is 0.902. The predicted molar refractivity (Wildman–Crippen MR) is 48.7 cm³/mol. The van der Waals surface area contributed by atoms with E-state index in [1.54, 1.807) is 0 Å². The molecule has 0 aromatic rings. The van der Waals surface area contributed by atoms with Gasteiger partial charge in [-0.15, -0.1) is 0 Å². The molecule has 2 unspecified atom stereocenters. The summed E-state index contributed by atoms with van der Waals surface area (Å²) in [6, 6.07) is 0.118. The van der Waals surface area contributed by atoms with Crippen LogP contribution < -0.4 is 4.72 Å². The largest absolute Gasteiger partial charge is 0.374 e. The number of rotatable bonds is 3. The molecule has 1 saturated heterocycles. The van der Waals surface area contributed by atoms with Crippen molar-refractivity contribution >= 4 is 11.3 Å². The van der Waals surface area contributed by atoms with Crippen LogP contribution in [0.15, 0.2) is 12.3 Å². The van der Waals surface area contributed by atoms with Crippen LogP contribution in [0.25, 0.3) is 0 Å². The van der Waals surface area contributed by atoms with Crippen LogP contribution in [-0.4, -0.2) is 32.8 Å². The summed E-state index contributed by atoms with van der Waals surface area (Å²) in [6.45, 7) is 7.45. The third kappa shape index (κ3) is 2.58. The molecule has 0 aromatic heterocycles. The summed E-state index contributed by atoms with van der Waals surface area (Å²) in [5.74, 6) is 0. The molecule has 0 aromatic carbocycles. The molecule has 0 saturated carbocycles. The zero-order valence-corrected chi connectivity index (χ0v) is 7.93. The van der Waals surface area contributed by atoms with Gasteiger partial charge in [-0.25, -0.2) is 8.93 Å². The lowest BCUT2D eigenvalue weighted by atomic mass is 10.3. The van der Waals surface area contributed by atoms with Gasteiger partial charge in [0.15, 0.2) is 0 Å². The SMILES string of the molecule is C=C(C)N1CCC(NS(=O)O)C1. The molecule has 0 spiro atoms. The first-order valence-electron chi connectivity index (χ1n) is 3.87. The molecule has 70 valence electrons. The number of hydrogen-bond acceptors (Lipinski definition) is 2. The van der Waals surface area contributed by atoms with Gasteiger partial charge < -0.3 is 4.90 Å². The maximum absolute atomic E-state index is 10.4. The average molecular weight is 190 g/mol. The third-order valence-electron chi connectivity index (χ3n) is 2.00. The van der Waals surface area contributed by atoms with Gasteiger partial charge in [0.05, 0.1) is 0 Å². The second-order valence-electron chi connectivity index (χ2n) is 3.03. The molecule has 0 amide bonds. The Hall–Kier alpha value is -0.390. The maximum Gasteiger partial charge on any atom is 0.232 e. The Bertz CT molecular complexity index is 208. The highest BCUT2D eigenvalue weighted by Gasteiger charge is 2.22. The fourth-order valence-corrected chi connectivity index (χ4v) is 1.82. The normalized spacial score (nSPS) is 25.8. The van der Waals surface area contributed by atoms with Crippen molar-refractivity contribution in [1.82, 2.24) is 9.62 Å². The van der Waals surface area contributed by atoms with Crippen LogP contribution in [0.5, 0.6) is 0 Å². The molecule has 0 aliphatic carbocycles. The summed E-state index contributed by atoms with van der Waals surface area (Å²) in [4.78, 5) is 2.10. The second-order valence-corrected chi connectivity index (χ2v) is 3.77. The van der Waals surface area contributed by atoms with E-state index in [0.717, 1.165) is 25.2 Å². The first kappa shape index (κ1) is 9.70. The lowest BCUT2D eigenvalue weighted by Gasteiger charge is -2.17. The summed E-state index contributed by atoms with van der Waals surface area (Å²) < 4.78 is 21.5. The van der Waals surface area contributed by atoms with Crippen LogP contribution >= 0.6 is 0 Å². The lowest BCUT2D eigenvalue weighted by molar-refractivity contribution is 0.417. The van der Waals surface area contributed by atoms with Crippen molar-refractivity contribution in [2.75, 3.05) is 13.1 Å². The van der Waals surface area contributed by atoms with E-state index < -0.39 is 11.3 Å². The van der Waals surface area contributed by atoms with Crippen molar-refractivity contribution in [2.24, 2.45) is 0 Å². The molecule has 5 heteroatoms. The van der Waals surface area contributed by atoms with Gasteiger partial charge in [0.2, 0.25) is 11.3 Å². The van der Waals surface area contributed by atoms with E-state index in [2.05, 4.69) is 16.2 Å². The average Bonchev–Trinajstić information content (AvgIpc) is 2.34. The molecule has 1 rings (SSSR count). The molecule has 4 nitrogen and oxygen atoms in total. The van der Waals surface area contributed by atoms with Crippen molar-refractivity contribution in [1.29, 1.82) is 0 Å². The quantitative estimate of drug-likeness (QED) is 0.630. The number of nitrogens with one attached hydrogen (secondary N) is 1. The van der Waals surface area contributed by atoms with Crippen molar-refractivity contribution < 1.29 is 8.76 Å². The molecule has 0 bridgehead atoms. The monoisotopic (exact) mass is 190 g/mol. The van der Waals surface area contributed by atoms with E-state index >= 15 is 0 Å². The standard InChI is InChI=1S/C7H14N2O2S/c1-6(2)9-4-3-7(5-9)8-12(10)11/h7-8H,1,3-5H2,2H3,(H,10,11). The minimum atomic E-state index is -1.89. The fourth-order valence-electron chi connectivity index (χ4n) is 1.35. The van der Waals surface area contributed by atoms with Gasteiger partial charge >= 0.3 is 0 Å². The Morgan fingerprint density at radius 3 is 2.92 bits per heavy atom. The molecule has 1 heterocycles. The first-order valence-corrected chi connectivity index (χ1v) is 4.97. The van der Waals surface area contributed by atoms with Crippen molar-refractivity contribution in [3.8, 4) is 0 Å². The molecule has 1 fully saturated rings. The highest BCUT2D eigenvalue weighted by atomic mass is 32.2. The van der Waals surface area contributed by atoms with E-state index in [1.165, 1.54) is 0 Å². The summed E-state index contributed by atoms with van der Waals surface area (Å²) >= 11 is -1.89. The van der Waals surface area contributed by atoms with E-state index in [4.69, 9.17) is 4.55 Å². The Morgan fingerprint density at radius 2 is 2.50 bits per heavy atom. The van der Waals surface area contributed by atoms with Crippen molar-refractivity contribution in [2.45, 2.75) is 19.4 Å². The molecule has 2 N–H and O–H groups in total. The Labute approximate surface area is 75.1 Å². The topological polar surface area (TPSA) is 52.6 Å². The molecule has 1 aliphatic heterocycles. The summed E-state index contributed by atoms with van der Waals surface area (Å²) in [7, 11) is 0. The minimum Gasteiger partial charge on any atom is -0.374 e. The molecule has 1 aliphatic rings. The van der Waals surface area contributed by atoms with Crippen LogP contribution in [0.3, 0.4) is 0 Å². The molecular formula is C7H14N2O2S. The smallest absolute Gasteiger partial charge is 0.232 e. The zero-order valence-electron chi connectivity index (χ0n) is 7.12. The van der Waals surface area contributed by atoms with E-state index in [9.17, 15) is 4.21 Å². The van der Waals surface area contributed by atoms with Crippen molar-refractivity contribution in [3.63, 3.8) is 0 Å². The minimum absolute atomic E-state index is 0.118. The zero-order chi connectivity index (χ0) is 9.14. The van der Waals surface area contributed by atoms with Gasteiger partial charge in [0, 0.05) is 24.8 Å². The van der Waals surface area contributed by atoms with Gasteiger partial charge in [-0.1, -0.05) is 6.58 Å². The van der Waals surface area contributed by atoms with Crippen LogP contribution in [0.2, 0.25) is 0 Å². The van der Waals surface area contributed by atoms with Crippen LogP contribution in [-0.2, 0) is 11.3 Å². The van der Waals surface area contributed by atoms with Gasteiger partial charge in [0.25, 0.3) is 0 Å². The predicted octanol–water partition coefficient (Wildman–Crippen LogP) is 0.321. The number of hydrogen-bond donors (Lipinski definition) is 2. The highest BCUT2D eigenvalue weighted by Crippen LogP contribution is 2.13. The van der Waals surface area contributed by atoms with Gasteiger partial charge in [-0.05, 0) is 13.3 Å². The number of likely N-dealkylation sites (tertiary alicyclic amines) is 1. The third-order valence-corrected chi connectivity index (χ3v) is 2.53.